The van der Waals surface area contributed by atoms with Gasteiger partial charge in [-0.3, -0.25) is 9.59 Å². The smallest absolute Gasteiger partial charge is 0.335 e. The van der Waals surface area contributed by atoms with Crippen LogP contribution in [0.5, 0.6) is 11.5 Å². The number of carbonyl (C=O) groups is 3. The number of amides is 2. The summed E-state index contributed by atoms with van der Waals surface area (Å²) >= 11 is 2.05. The molecule has 2 amide bonds. The lowest BCUT2D eigenvalue weighted by molar-refractivity contribution is -0.120. The zero-order chi connectivity index (χ0) is 23.4. The summed E-state index contributed by atoms with van der Waals surface area (Å²) in [5.41, 5.74) is 7.09. The lowest BCUT2D eigenvalue weighted by Crippen LogP contribution is -2.21. The van der Waals surface area contributed by atoms with Crippen LogP contribution in [-0.4, -0.2) is 41.8 Å². The molecule has 1 heterocycles. The van der Waals surface area contributed by atoms with Gasteiger partial charge in [-0.1, -0.05) is 6.07 Å². The van der Waals surface area contributed by atoms with Crippen LogP contribution in [0.2, 0.25) is 0 Å². The minimum atomic E-state index is -1.09. The number of hydrogen-bond donors (Lipinski definition) is 2. The van der Waals surface area contributed by atoms with Crippen LogP contribution in [-0.2, 0) is 9.59 Å². The number of nitrogens with zero attached hydrogens (tertiary/aromatic N) is 2. The van der Waals surface area contributed by atoms with E-state index < -0.39 is 11.9 Å². The van der Waals surface area contributed by atoms with Crippen LogP contribution in [0.25, 0.3) is 6.08 Å². The van der Waals surface area contributed by atoms with Gasteiger partial charge in [0.25, 0.3) is 11.8 Å². The number of hydrogen-bond acceptors (Lipinski definition) is 6. The minimum Gasteiger partial charge on any atom is -0.490 e. The average Bonchev–Trinajstić information content (AvgIpc) is 3.01. The van der Waals surface area contributed by atoms with Crippen molar-refractivity contribution < 1.29 is 29.0 Å². The number of carboxylic acids is 1. The molecule has 2 aromatic carbocycles. The fourth-order valence-electron chi connectivity index (χ4n) is 3.01. The van der Waals surface area contributed by atoms with Crippen molar-refractivity contribution in [3.63, 3.8) is 0 Å². The van der Waals surface area contributed by atoms with E-state index in [0.717, 1.165) is 0 Å². The van der Waals surface area contributed by atoms with E-state index in [-0.39, 0.29) is 18.1 Å². The van der Waals surface area contributed by atoms with Crippen molar-refractivity contribution >= 4 is 57.8 Å². The number of hydrazone groups is 1. The number of carbonyl (C=O) groups excluding carboxylic acids is 2. The number of rotatable bonds is 8. The number of ether oxygens (including phenoxy) is 2. The Morgan fingerprint density at radius 3 is 2.66 bits per heavy atom. The molecule has 0 radical (unpaired) electrons. The molecule has 0 spiro atoms. The molecule has 0 bridgehead atoms. The highest BCUT2D eigenvalue weighted by Crippen LogP contribution is 2.35. The topological polar surface area (TPSA) is 132 Å². The second-order valence-corrected chi connectivity index (χ2v) is 7.90. The van der Waals surface area contributed by atoms with Gasteiger partial charge < -0.3 is 20.3 Å². The van der Waals surface area contributed by atoms with Gasteiger partial charge in [0.2, 0.25) is 0 Å². The van der Waals surface area contributed by atoms with Crippen molar-refractivity contribution in [3.8, 4) is 11.5 Å². The van der Waals surface area contributed by atoms with E-state index in [0.29, 0.717) is 44.2 Å². The van der Waals surface area contributed by atoms with Crippen LogP contribution in [0.3, 0.4) is 0 Å². The summed E-state index contributed by atoms with van der Waals surface area (Å²) in [6, 6.07) is 9.48. The molecule has 2 aromatic rings. The van der Waals surface area contributed by atoms with Crippen LogP contribution < -0.4 is 20.2 Å². The first-order valence-electron chi connectivity index (χ1n) is 9.53. The standard InChI is InChI=1S/C22H20IN3O6/c1-3-31-18-9-13(8-17(23)20(18)32-11-19(24)27)7-16-12(2)25-26(21(16)28)15-6-4-5-14(10-15)22(29)30/h4-10H,3,11H2,1-2H3,(H2,24,27)(H,29,30)/b16-7-. The molecule has 0 unspecified atom stereocenters. The minimum absolute atomic E-state index is 0.0584. The van der Waals surface area contributed by atoms with Crippen LogP contribution in [0.4, 0.5) is 5.69 Å². The Morgan fingerprint density at radius 2 is 2.00 bits per heavy atom. The molecule has 0 aromatic heterocycles. The lowest BCUT2D eigenvalue weighted by Gasteiger charge is -2.14. The molecule has 9 nitrogen and oxygen atoms in total. The first kappa shape index (κ1) is 23.3. The molecule has 0 atom stereocenters. The largest absolute Gasteiger partial charge is 0.490 e. The summed E-state index contributed by atoms with van der Waals surface area (Å²) in [5, 5.41) is 14.7. The number of benzene rings is 2. The van der Waals surface area contributed by atoms with E-state index in [9.17, 15) is 19.5 Å². The molecule has 0 aliphatic carbocycles. The fourth-order valence-corrected chi connectivity index (χ4v) is 3.80. The van der Waals surface area contributed by atoms with E-state index >= 15 is 0 Å². The van der Waals surface area contributed by atoms with E-state index in [1.807, 2.05) is 6.92 Å². The first-order valence-corrected chi connectivity index (χ1v) is 10.6. The van der Waals surface area contributed by atoms with E-state index in [1.165, 1.54) is 17.1 Å². The van der Waals surface area contributed by atoms with Gasteiger partial charge in [-0.2, -0.15) is 10.1 Å². The number of halogens is 1. The SMILES string of the molecule is CCOc1cc(/C=C2\C(=O)N(c3cccc(C(=O)O)c3)N=C2C)cc(I)c1OCC(N)=O. The Hall–Kier alpha value is -3.41. The molecule has 3 N–H and O–H groups in total. The van der Waals surface area contributed by atoms with Crippen molar-refractivity contribution in [2.24, 2.45) is 10.8 Å². The number of anilines is 1. The van der Waals surface area contributed by atoms with Crippen molar-refractivity contribution in [1.29, 1.82) is 0 Å². The van der Waals surface area contributed by atoms with E-state index in [1.54, 1.807) is 37.3 Å². The number of nitrogens with two attached hydrogens (primary N) is 1. The second kappa shape index (κ2) is 9.81. The summed E-state index contributed by atoms with van der Waals surface area (Å²) in [4.78, 5) is 35.4. The first-order chi connectivity index (χ1) is 15.2. The van der Waals surface area contributed by atoms with Gasteiger partial charge in [-0.05, 0) is 78.4 Å². The van der Waals surface area contributed by atoms with Gasteiger partial charge >= 0.3 is 5.97 Å². The highest BCUT2D eigenvalue weighted by Gasteiger charge is 2.29. The Morgan fingerprint density at radius 1 is 1.25 bits per heavy atom. The number of carboxylic acid groups (broad SMARTS) is 1. The highest BCUT2D eigenvalue weighted by atomic mass is 127. The Labute approximate surface area is 197 Å². The summed E-state index contributed by atoms with van der Waals surface area (Å²) in [6.45, 7) is 3.60. The van der Waals surface area contributed by atoms with Gasteiger partial charge in [0.05, 0.1) is 32.7 Å². The molecule has 0 fully saturated rings. The number of aromatic carboxylic acids is 1. The third-order valence-electron chi connectivity index (χ3n) is 4.40. The van der Waals surface area contributed by atoms with Crippen molar-refractivity contribution in [1.82, 2.24) is 0 Å². The summed E-state index contributed by atoms with van der Waals surface area (Å²) < 4.78 is 11.8. The normalized spacial score (nSPS) is 14.5. The molecular weight excluding hydrogens is 529 g/mol. The maximum absolute atomic E-state index is 13.0. The predicted octanol–water partition coefficient (Wildman–Crippen LogP) is 3.06. The zero-order valence-electron chi connectivity index (χ0n) is 17.3. The van der Waals surface area contributed by atoms with E-state index in [2.05, 4.69) is 27.7 Å². The Bertz CT molecular complexity index is 1160. The predicted molar refractivity (Wildman–Crippen MR) is 127 cm³/mol. The van der Waals surface area contributed by atoms with Crippen molar-refractivity contribution in [2.45, 2.75) is 13.8 Å². The molecular formula is C22H20IN3O6. The summed E-state index contributed by atoms with van der Waals surface area (Å²) in [6.07, 6.45) is 1.67. The van der Waals surface area contributed by atoms with Gasteiger partial charge in [-0.15, -0.1) is 0 Å². The molecule has 1 aliphatic rings. The van der Waals surface area contributed by atoms with Crippen LogP contribution in [0.15, 0.2) is 47.1 Å². The summed E-state index contributed by atoms with van der Waals surface area (Å²) in [5.74, 6) is -1.27. The molecule has 32 heavy (non-hydrogen) atoms. The monoisotopic (exact) mass is 549 g/mol. The fraction of sp³-hybridized carbons (Fsp3) is 0.182. The quantitative estimate of drug-likeness (QED) is 0.385. The third-order valence-corrected chi connectivity index (χ3v) is 5.20. The average molecular weight is 549 g/mol. The zero-order valence-corrected chi connectivity index (χ0v) is 19.5. The van der Waals surface area contributed by atoms with Crippen LogP contribution >= 0.6 is 22.6 Å². The second-order valence-electron chi connectivity index (χ2n) is 6.73. The maximum atomic E-state index is 13.0. The lowest BCUT2D eigenvalue weighted by atomic mass is 10.1. The molecule has 3 rings (SSSR count). The molecule has 10 heteroatoms. The van der Waals surface area contributed by atoms with Gasteiger partial charge in [0, 0.05) is 0 Å². The molecule has 166 valence electrons. The van der Waals surface area contributed by atoms with Crippen molar-refractivity contribution in [2.75, 3.05) is 18.2 Å². The van der Waals surface area contributed by atoms with Gasteiger partial charge in [0.1, 0.15) is 0 Å². The molecule has 0 saturated heterocycles. The van der Waals surface area contributed by atoms with Gasteiger partial charge in [0.15, 0.2) is 18.1 Å². The van der Waals surface area contributed by atoms with Gasteiger partial charge in [-0.25, -0.2) is 4.79 Å². The Kier molecular flexibility index (Phi) is 7.13. The summed E-state index contributed by atoms with van der Waals surface area (Å²) in [7, 11) is 0. The Balaban J connectivity index is 1.95. The van der Waals surface area contributed by atoms with Crippen molar-refractivity contribution in [3.05, 3.63) is 56.7 Å². The molecule has 0 saturated carbocycles. The molecule has 1 aliphatic heterocycles. The van der Waals surface area contributed by atoms with Crippen LogP contribution in [0, 0.1) is 3.57 Å². The maximum Gasteiger partial charge on any atom is 0.335 e. The van der Waals surface area contributed by atoms with Crippen LogP contribution in [0.1, 0.15) is 29.8 Å². The highest BCUT2D eigenvalue weighted by molar-refractivity contribution is 14.1. The van der Waals surface area contributed by atoms with E-state index in [4.69, 9.17) is 15.2 Å². The number of primary amides is 1. The third kappa shape index (κ3) is 5.07.